The number of amides is 1. The Bertz CT molecular complexity index is 161. The van der Waals surface area contributed by atoms with Crippen molar-refractivity contribution in [3.8, 4) is 0 Å². The van der Waals surface area contributed by atoms with Crippen molar-refractivity contribution in [3.63, 3.8) is 0 Å². The van der Waals surface area contributed by atoms with Crippen LogP contribution in [-0.4, -0.2) is 22.8 Å². The predicted molar refractivity (Wildman–Crippen MR) is 55.5 cm³/mol. The van der Waals surface area contributed by atoms with E-state index in [2.05, 4.69) is 17.0 Å². The SMILES string of the molecule is CCCSC(=S)NC(=O)OCC. The second-order valence-electron chi connectivity index (χ2n) is 1.98. The summed E-state index contributed by atoms with van der Waals surface area (Å²) in [6.45, 7) is 4.18. The van der Waals surface area contributed by atoms with Crippen molar-refractivity contribution in [2.45, 2.75) is 20.3 Å². The highest BCUT2D eigenvalue weighted by molar-refractivity contribution is 8.23. The van der Waals surface area contributed by atoms with Gasteiger partial charge in [0.05, 0.1) is 6.61 Å². The van der Waals surface area contributed by atoms with Gasteiger partial charge < -0.3 is 4.74 Å². The van der Waals surface area contributed by atoms with Gasteiger partial charge in [-0.1, -0.05) is 30.9 Å². The van der Waals surface area contributed by atoms with Crippen LogP contribution in [0, 0.1) is 0 Å². The third-order valence-corrected chi connectivity index (χ3v) is 2.35. The molecule has 0 aliphatic heterocycles. The van der Waals surface area contributed by atoms with Gasteiger partial charge in [0.15, 0.2) is 0 Å². The monoisotopic (exact) mass is 207 g/mol. The number of alkyl carbamates (subject to hydrolysis) is 1. The quantitative estimate of drug-likeness (QED) is 0.720. The van der Waals surface area contributed by atoms with Crippen molar-refractivity contribution >= 4 is 34.4 Å². The lowest BCUT2D eigenvalue weighted by molar-refractivity contribution is 0.158. The van der Waals surface area contributed by atoms with Crippen molar-refractivity contribution in [1.29, 1.82) is 0 Å². The predicted octanol–water partition coefficient (Wildman–Crippen LogP) is 2.16. The molecular formula is C7H13NO2S2. The van der Waals surface area contributed by atoms with Crippen LogP contribution < -0.4 is 5.32 Å². The lowest BCUT2D eigenvalue weighted by Gasteiger charge is -2.04. The number of carbonyl (C=O) groups is 1. The first-order chi connectivity index (χ1) is 5.70. The molecule has 0 aromatic heterocycles. The summed E-state index contributed by atoms with van der Waals surface area (Å²) in [5, 5.41) is 2.45. The summed E-state index contributed by atoms with van der Waals surface area (Å²) in [5.41, 5.74) is 0. The van der Waals surface area contributed by atoms with E-state index >= 15 is 0 Å². The second kappa shape index (κ2) is 7.36. The van der Waals surface area contributed by atoms with Crippen molar-refractivity contribution in [1.82, 2.24) is 5.32 Å². The molecule has 0 aliphatic rings. The summed E-state index contributed by atoms with van der Waals surface area (Å²) < 4.78 is 5.12. The maximum Gasteiger partial charge on any atom is 0.412 e. The van der Waals surface area contributed by atoms with Gasteiger partial charge in [0, 0.05) is 0 Å². The minimum absolute atomic E-state index is 0.368. The summed E-state index contributed by atoms with van der Waals surface area (Å²) in [6, 6.07) is 0. The molecule has 3 nitrogen and oxygen atoms in total. The molecule has 0 aromatic carbocycles. The molecule has 0 saturated carbocycles. The van der Waals surface area contributed by atoms with Crippen LogP contribution >= 0.6 is 24.0 Å². The van der Waals surface area contributed by atoms with E-state index < -0.39 is 6.09 Å². The largest absolute Gasteiger partial charge is 0.450 e. The highest BCUT2D eigenvalue weighted by Gasteiger charge is 2.03. The molecule has 0 rings (SSSR count). The molecule has 0 saturated heterocycles. The zero-order valence-corrected chi connectivity index (χ0v) is 8.89. The van der Waals surface area contributed by atoms with Crippen LogP contribution in [0.4, 0.5) is 4.79 Å². The molecule has 0 atom stereocenters. The van der Waals surface area contributed by atoms with Crippen LogP contribution in [0.1, 0.15) is 20.3 Å². The Balaban J connectivity index is 3.47. The summed E-state index contributed by atoms with van der Waals surface area (Å²) in [6.07, 6.45) is 0.570. The highest BCUT2D eigenvalue weighted by atomic mass is 32.2. The summed E-state index contributed by atoms with van der Waals surface area (Å²) in [4.78, 5) is 10.8. The Morgan fingerprint density at radius 1 is 1.58 bits per heavy atom. The molecule has 0 heterocycles. The van der Waals surface area contributed by atoms with Gasteiger partial charge in [-0.05, 0) is 19.1 Å². The van der Waals surface area contributed by atoms with Crippen molar-refractivity contribution in [3.05, 3.63) is 0 Å². The molecule has 0 aliphatic carbocycles. The van der Waals surface area contributed by atoms with Gasteiger partial charge in [-0.25, -0.2) is 4.79 Å². The van der Waals surface area contributed by atoms with Gasteiger partial charge in [-0.15, -0.1) is 0 Å². The van der Waals surface area contributed by atoms with E-state index in [1.165, 1.54) is 11.8 Å². The minimum Gasteiger partial charge on any atom is -0.450 e. The first-order valence-electron chi connectivity index (χ1n) is 3.81. The molecule has 0 unspecified atom stereocenters. The molecule has 0 fully saturated rings. The van der Waals surface area contributed by atoms with Crippen LogP contribution in [0.2, 0.25) is 0 Å². The fourth-order valence-electron chi connectivity index (χ4n) is 0.481. The highest BCUT2D eigenvalue weighted by Crippen LogP contribution is 2.03. The number of hydrogen-bond donors (Lipinski definition) is 1. The smallest absolute Gasteiger partial charge is 0.412 e. The first kappa shape index (κ1) is 11.7. The van der Waals surface area contributed by atoms with E-state index in [1.54, 1.807) is 6.92 Å². The Labute approximate surface area is 82.2 Å². The Morgan fingerprint density at radius 2 is 2.25 bits per heavy atom. The van der Waals surface area contributed by atoms with Gasteiger partial charge >= 0.3 is 6.09 Å². The lowest BCUT2D eigenvalue weighted by Crippen LogP contribution is -2.27. The average Bonchev–Trinajstić information content (AvgIpc) is 2.01. The number of thioether (sulfide) groups is 1. The number of rotatable bonds is 3. The number of nitrogens with one attached hydrogen (secondary N) is 1. The van der Waals surface area contributed by atoms with E-state index in [4.69, 9.17) is 12.2 Å². The molecule has 0 spiro atoms. The van der Waals surface area contributed by atoms with Crippen molar-refractivity contribution in [2.75, 3.05) is 12.4 Å². The maximum atomic E-state index is 10.8. The minimum atomic E-state index is -0.467. The molecule has 0 radical (unpaired) electrons. The van der Waals surface area contributed by atoms with Crippen LogP contribution in [0.15, 0.2) is 0 Å². The fraction of sp³-hybridized carbons (Fsp3) is 0.714. The molecule has 1 N–H and O–H groups in total. The van der Waals surface area contributed by atoms with Gasteiger partial charge in [0.1, 0.15) is 4.32 Å². The molecule has 5 heteroatoms. The van der Waals surface area contributed by atoms with Crippen LogP contribution in [0.3, 0.4) is 0 Å². The summed E-state index contributed by atoms with van der Waals surface area (Å²) in [7, 11) is 0. The fourth-order valence-corrected chi connectivity index (χ4v) is 1.36. The van der Waals surface area contributed by atoms with Crippen LogP contribution in [0.25, 0.3) is 0 Å². The normalized spacial score (nSPS) is 9.17. The number of hydrogen-bond acceptors (Lipinski definition) is 4. The molecule has 12 heavy (non-hydrogen) atoms. The van der Waals surface area contributed by atoms with Gasteiger partial charge in [-0.3, -0.25) is 5.32 Å². The number of thiocarbonyl (C=S) groups is 1. The van der Waals surface area contributed by atoms with Crippen molar-refractivity contribution < 1.29 is 9.53 Å². The van der Waals surface area contributed by atoms with Crippen molar-refractivity contribution in [2.24, 2.45) is 0 Å². The third kappa shape index (κ3) is 6.42. The number of carbonyl (C=O) groups excluding carboxylic acids is 1. The second-order valence-corrected chi connectivity index (χ2v) is 3.75. The Kier molecular flexibility index (Phi) is 7.19. The first-order valence-corrected chi connectivity index (χ1v) is 5.20. The molecule has 70 valence electrons. The van der Waals surface area contributed by atoms with Gasteiger partial charge in [0.2, 0.25) is 0 Å². The maximum absolute atomic E-state index is 10.8. The topological polar surface area (TPSA) is 38.3 Å². The average molecular weight is 207 g/mol. The Hall–Kier alpha value is -0.290. The van der Waals surface area contributed by atoms with Gasteiger partial charge in [0.25, 0.3) is 0 Å². The molecular weight excluding hydrogens is 194 g/mol. The van der Waals surface area contributed by atoms with Gasteiger partial charge in [-0.2, -0.15) is 0 Å². The van der Waals surface area contributed by atoms with E-state index in [-0.39, 0.29) is 0 Å². The van der Waals surface area contributed by atoms with E-state index in [0.29, 0.717) is 10.9 Å². The van der Waals surface area contributed by atoms with E-state index in [1.807, 2.05) is 0 Å². The van der Waals surface area contributed by atoms with E-state index in [0.717, 1.165) is 12.2 Å². The zero-order chi connectivity index (χ0) is 9.40. The van der Waals surface area contributed by atoms with E-state index in [9.17, 15) is 4.79 Å². The molecule has 0 bridgehead atoms. The third-order valence-electron chi connectivity index (χ3n) is 0.917. The molecule has 0 aromatic rings. The summed E-state index contributed by atoms with van der Waals surface area (Å²) >= 11 is 6.31. The lowest BCUT2D eigenvalue weighted by atomic mass is 10.6. The standard InChI is InChI=1S/C7H13NO2S2/c1-3-5-12-7(11)8-6(9)10-4-2/h3-5H2,1-2H3,(H,8,9,11). The van der Waals surface area contributed by atoms with Crippen LogP contribution in [-0.2, 0) is 4.74 Å². The zero-order valence-electron chi connectivity index (χ0n) is 7.25. The summed E-state index contributed by atoms with van der Waals surface area (Å²) in [5.74, 6) is 0.922. The molecule has 1 amide bonds. The van der Waals surface area contributed by atoms with Crippen LogP contribution in [0.5, 0.6) is 0 Å². The number of ether oxygens (including phenoxy) is 1. The Morgan fingerprint density at radius 3 is 2.75 bits per heavy atom.